The van der Waals surface area contributed by atoms with Crippen molar-refractivity contribution in [3.05, 3.63) is 0 Å². The summed E-state index contributed by atoms with van der Waals surface area (Å²) in [7, 11) is 0. The Hall–Kier alpha value is -0.570. The highest BCUT2D eigenvalue weighted by Gasteiger charge is 2.37. The van der Waals surface area contributed by atoms with E-state index in [2.05, 4.69) is 12.2 Å². The third kappa shape index (κ3) is 2.57. The van der Waals surface area contributed by atoms with Crippen LogP contribution in [0.15, 0.2) is 0 Å². The third-order valence-electron chi connectivity index (χ3n) is 4.47. The molecular formula is C13H23NO2. The van der Waals surface area contributed by atoms with Crippen LogP contribution in [0, 0.1) is 11.8 Å². The molecule has 2 unspecified atom stereocenters. The van der Waals surface area contributed by atoms with Gasteiger partial charge in [0.15, 0.2) is 0 Å². The molecule has 0 bridgehead atoms. The Morgan fingerprint density at radius 3 is 2.31 bits per heavy atom. The van der Waals surface area contributed by atoms with Crippen LogP contribution in [0.1, 0.15) is 51.9 Å². The summed E-state index contributed by atoms with van der Waals surface area (Å²) in [6, 6.07) is 0.829. The van der Waals surface area contributed by atoms with Crippen molar-refractivity contribution in [3.8, 4) is 0 Å². The van der Waals surface area contributed by atoms with Gasteiger partial charge in [-0.3, -0.25) is 4.79 Å². The van der Waals surface area contributed by atoms with Gasteiger partial charge in [0.2, 0.25) is 0 Å². The lowest BCUT2D eigenvalue weighted by atomic mass is 9.77. The van der Waals surface area contributed by atoms with Crippen LogP contribution < -0.4 is 5.32 Å². The molecular weight excluding hydrogens is 202 g/mol. The molecule has 92 valence electrons. The summed E-state index contributed by atoms with van der Waals surface area (Å²) in [5.74, 6) is 0.171. The first-order valence-electron chi connectivity index (χ1n) is 6.69. The van der Waals surface area contributed by atoms with E-state index in [1.54, 1.807) is 0 Å². The average Bonchev–Trinajstić information content (AvgIpc) is 2.24. The molecule has 3 heteroatoms. The molecule has 0 aromatic carbocycles. The molecule has 2 rings (SSSR count). The summed E-state index contributed by atoms with van der Waals surface area (Å²) in [6.45, 7) is 2.27. The maximum atomic E-state index is 10.9. The van der Waals surface area contributed by atoms with Crippen molar-refractivity contribution in [1.82, 2.24) is 5.32 Å². The molecule has 2 aliphatic carbocycles. The summed E-state index contributed by atoms with van der Waals surface area (Å²) in [6.07, 6.45) is 8.32. The second-order valence-electron chi connectivity index (χ2n) is 5.42. The zero-order valence-electron chi connectivity index (χ0n) is 10.1. The van der Waals surface area contributed by atoms with E-state index >= 15 is 0 Å². The molecule has 16 heavy (non-hydrogen) atoms. The van der Waals surface area contributed by atoms with Gasteiger partial charge >= 0.3 is 5.97 Å². The van der Waals surface area contributed by atoms with Crippen LogP contribution in [-0.2, 0) is 4.79 Å². The number of rotatable bonds is 4. The van der Waals surface area contributed by atoms with Crippen molar-refractivity contribution in [2.45, 2.75) is 64.0 Å². The molecule has 0 radical (unpaired) electrons. The lowest BCUT2D eigenvalue weighted by Crippen LogP contribution is -2.52. The minimum atomic E-state index is -0.619. The van der Waals surface area contributed by atoms with Gasteiger partial charge in [0.25, 0.3) is 0 Å². The van der Waals surface area contributed by atoms with Crippen molar-refractivity contribution in [3.63, 3.8) is 0 Å². The predicted molar refractivity (Wildman–Crippen MR) is 63.3 cm³/mol. The van der Waals surface area contributed by atoms with Crippen LogP contribution in [0.3, 0.4) is 0 Å². The van der Waals surface area contributed by atoms with Crippen molar-refractivity contribution < 1.29 is 9.90 Å². The topological polar surface area (TPSA) is 49.3 Å². The zero-order chi connectivity index (χ0) is 11.5. The Morgan fingerprint density at radius 2 is 1.88 bits per heavy atom. The highest BCUT2D eigenvalue weighted by Crippen LogP contribution is 2.31. The van der Waals surface area contributed by atoms with Gasteiger partial charge in [-0.15, -0.1) is 0 Å². The van der Waals surface area contributed by atoms with E-state index in [1.807, 2.05) is 0 Å². The van der Waals surface area contributed by atoms with E-state index in [4.69, 9.17) is 5.11 Å². The molecule has 0 spiro atoms. The fourth-order valence-electron chi connectivity index (χ4n) is 3.04. The van der Waals surface area contributed by atoms with Gasteiger partial charge in [-0.2, -0.15) is 0 Å². The van der Waals surface area contributed by atoms with Crippen LogP contribution >= 0.6 is 0 Å². The Morgan fingerprint density at radius 1 is 1.19 bits per heavy atom. The van der Waals surface area contributed by atoms with E-state index < -0.39 is 5.97 Å². The van der Waals surface area contributed by atoms with Crippen LogP contribution in [-0.4, -0.2) is 23.2 Å². The molecule has 0 saturated heterocycles. The molecule has 3 nitrogen and oxygen atoms in total. The minimum Gasteiger partial charge on any atom is -0.481 e. The molecule has 0 amide bonds. The first-order chi connectivity index (χ1) is 7.70. The minimum absolute atomic E-state index is 0.121. The summed E-state index contributed by atoms with van der Waals surface area (Å²) in [4.78, 5) is 10.9. The number of carboxylic acid groups (broad SMARTS) is 1. The van der Waals surface area contributed by atoms with Crippen LogP contribution in [0.25, 0.3) is 0 Å². The fraction of sp³-hybridized carbons (Fsp3) is 0.923. The summed E-state index contributed by atoms with van der Waals surface area (Å²) >= 11 is 0. The van der Waals surface area contributed by atoms with Gasteiger partial charge in [0, 0.05) is 12.1 Å². The van der Waals surface area contributed by atoms with Crippen LogP contribution in [0.5, 0.6) is 0 Å². The van der Waals surface area contributed by atoms with Gasteiger partial charge in [-0.1, -0.05) is 13.3 Å². The lowest BCUT2D eigenvalue weighted by molar-refractivity contribution is -0.146. The summed E-state index contributed by atoms with van der Waals surface area (Å²) in [5, 5.41) is 12.5. The van der Waals surface area contributed by atoms with Gasteiger partial charge in [-0.25, -0.2) is 0 Å². The molecule has 0 aromatic rings. The number of nitrogens with one attached hydrogen (secondary N) is 1. The molecule has 2 atom stereocenters. The Balaban J connectivity index is 1.73. The Kier molecular flexibility index (Phi) is 3.85. The molecule has 2 aliphatic rings. The maximum absolute atomic E-state index is 10.9. The smallest absolute Gasteiger partial charge is 0.308 e. The third-order valence-corrected chi connectivity index (χ3v) is 4.47. The predicted octanol–water partition coefficient (Wildman–Crippen LogP) is 2.41. The average molecular weight is 225 g/mol. The Bertz CT molecular complexity index is 246. The highest BCUT2D eigenvalue weighted by atomic mass is 16.4. The van der Waals surface area contributed by atoms with Gasteiger partial charge in [0.05, 0.1) is 5.92 Å². The second kappa shape index (κ2) is 5.17. The van der Waals surface area contributed by atoms with Crippen molar-refractivity contribution in [1.29, 1.82) is 0 Å². The van der Waals surface area contributed by atoms with Crippen molar-refractivity contribution in [2.75, 3.05) is 0 Å². The van der Waals surface area contributed by atoms with Gasteiger partial charge in [0.1, 0.15) is 0 Å². The van der Waals surface area contributed by atoms with Crippen molar-refractivity contribution in [2.24, 2.45) is 11.8 Å². The van der Waals surface area contributed by atoms with Gasteiger partial charge < -0.3 is 10.4 Å². The summed E-state index contributed by atoms with van der Waals surface area (Å²) in [5.41, 5.74) is 0. The first kappa shape index (κ1) is 11.9. The number of carbonyl (C=O) groups is 1. The monoisotopic (exact) mass is 225 g/mol. The molecule has 2 fully saturated rings. The van der Waals surface area contributed by atoms with E-state index in [0.717, 1.165) is 18.8 Å². The van der Waals surface area contributed by atoms with E-state index in [1.165, 1.54) is 32.1 Å². The van der Waals surface area contributed by atoms with E-state index in [0.29, 0.717) is 6.04 Å². The second-order valence-corrected chi connectivity index (χ2v) is 5.42. The SMILES string of the molecule is CCC1CCC(NC2CCC2C(=O)O)CC1. The number of aliphatic carboxylic acids is 1. The molecule has 0 aliphatic heterocycles. The quantitative estimate of drug-likeness (QED) is 0.772. The fourth-order valence-corrected chi connectivity index (χ4v) is 3.04. The molecule has 0 aromatic heterocycles. The largest absolute Gasteiger partial charge is 0.481 e. The van der Waals surface area contributed by atoms with Crippen molar-refractivity contribution >= 4 is 5.97 Å². The lowest BCUT2D eigenvalue weighted by Gasteiger charge is -2.39. The van der Waals surface area contributed by atoms with E-state index in [-0.39, 0.29) is 12.0 Å². The number of hydrogen-bond acceptors (Lipinski definition) is 2. The van der Waals surface area contributed by atoms with Crippen LogP contribution in [0.4, 0.5) is 0 Å². The highest BCUT2D eigenvalue weighted by molar-refractivity contribution is 5.72. The van der Waals surface area contributed by atoms with Gasteiger partial charge in [-0.05, 0) is 44.4 Å². The Labute approximate surface area is 97.6 Å². The van der Waals surface area contributed by atoms with E-state index in [9.17, 15) is 4.79 Å². The van der Waals surface area contributed by atoms with Crippen LogP contribution in [0.2, 0.25) is 0 Å². The molecule has 0 heterocycles. The number of carboxylic acids is 1. The normalized spacial score (nSPS) is 39.1. The molecule has 2 saturated carbocycles. The summed E-state index contributed by atoms with van der Waals surface area (Å²) < 4.78 is 0. The molecule has 2 N–H and O–H groups in total. The number of hydrogen-bond donors (Lipinski definition) is 2. The standard InChI is InChI=1S/C13H23NO2/c1-2-9-3-5-10(6-4-9)14-12-8-7-11(12)13(15)16/h9-12,14H,2-8H2,1H3,(H,15,16). The zero-order valence-corrected chi connectivity index (χ0v) is 10.1. The first-order valence-corrected chi connectivity index (χ1v) is 6.69. The maximum Gasteiger partial charge on any atom is 0.308 e.